The molecule has 5 heteroatoms. The SMILES string of the molecule is CCCCOC(=O)c1ccccc1N1C(=O)C2C3c4ccccc4C(c4ccccc43)C2C1=O. The Morgan fingerprint density at radius 3 is 1.74 bits per heavy atom. The second kappa shape index (κ2) is 7.94. The number of benzene rings is 3. The molecule has 0 N–H and O–H groups in total. The Balaban J connectivity index is 1.45. The molecule has 0 spiro atoms. The number of hydrogen-bond donors (Lipinski definition) is 0. The Labute approximate surface area is 198 Å². The average Bonchev–Trinajstić information content (AvgIpc) is 3.14. The fourth-order valence-electron chi connectivity index (χ4n) is 6.14. The van der Waals surface area contributed by atoms with Crippen molar-refractivity contribution in [3.05, 3.63) is 101 Å². The van der Waals surface area contributed by atoms with Gasteiger partial charge in [0, 0.05) is 11.8 Å². The van der Waals surface area contributed by atoms with Gasteiger partial charge in [-0.1, -0.05) is 74.0 Å². The second-order valence-corrected chi connectivity index (χ2v) is 9.28. The van der Waals surface area contributed by atoms with Crippen molar-refractivity contribution in [2.75, 3.05) is 11.5 Å². The lowest BCUT2D eigenvalue weighted by atomic mass is 9.55. The van der Waals surface area contributed by atoms with Crippen molar-refractivity contribution < 1.29 is 19.1 Å². The molecule has 2 atom stereocenters. The Kier molecular flexibility index (Phi) is 4.87. The fraction of sp³-hybridized carbons (Fsp3) is 0.276. The molecule has 7 rings (SSSR count). The van der Waals surface area contributed by atoms with E-state index in [2.05, 4.69) is 24.3 Å². The molecule has 2 bridgehead atoms. The highest BCUT2D eigenvalue weighted by molar-refractivity contribution is 6.25. The average molecular weight is 452 g/mol. The van der Waals surface area contributed by atoms with Gasteiger partial charge >= 0.3 is 5.97 Å². The van der Waals surface area contributed by atoms with E-state index in [-0.39, 0.29) is 29.2 Å². The van der Waals surface area contributed by atoms with Crippen molar-refractivity contribution in [1.29, 1.82) is 0 Å². The Morgan fingerprint density at radius 2 is 1.24 bits per heavy atom. The molecular formula is C29H25NO4. The van der Waals surface area contributed by atoms with Gasteiger partial charge in [0.25, 0.3) is 0 Å². The number of carbonyl (C=O) groups excluding carboxylic acids is 3. The van der Waals surface area contributed by atoms with E-state index in [4.69, 9.17) is 4.74 Å². The maximum Gasteiger partial charge on any atom is 0.340 e. The van der Waals surface area contributed by atoms with Crippen LogP contribution in [0.15, 0.2) is 72.8 Å². The van der Waals surface area contributed by atoms with Crippen molar-refractivity contribution in [1.82, 2.24) is 0 Å². The Bertz CT molecular complexity index is 1210. The molecule has 0 radical (unpaired) electrons. The van der Waals surface area contributed by atoms with Crippen LogP contribution in [0.4, 0.5) is 5.69 Å². The van der Waals surface area contributed by atoms with Crippen LogP contribution in [0.5, 0.6) is 0 Å². The third kappa shape index (κ3) is 2.82. The second-order valence-electron chi connectivity index (χ2n) is 9.28. The number of carbonyl (C=O) groups is 3. The van der Waals surface area contributed by atoms with Gasteiger partial charge in [-0.05, 0) is 40.8 Å². The summed E-state index contributed by atoms with van der Waals surface area (Å²) in [6.45, 7) is 2.33. The molecule has 34 heavy (non-hydrogen) atoms. The van der Waals surface area contributed by atoms with Crippen LogP contribution in [0.25, 0.3) is 0 Å². The standard InChI is InChI=1S/C29H25NO4/c1-2-3-16-34-29(33)21-14-8-9-15-22(21)30-27(31)25-23-17-10-4-5-11-18(17)24(26(25)28(30)32)20-13-7-6-12-19(20)23/h4-15,23-26H,2-3,16H2,1H3. The number of para-hydroxylation sites is 1. The third-order valence-corrected chi connectivity index (χ3v) is 7.54. The number of esters is 1. The summed E-state index contributed by atoms with van der Waals surface area (Å²) in [4.78, 5) is 42.0. The summed E-state index contributed by atoms with van der Waals surface area (Å²) < 4.78 is 5.43. The molecule has 170 valence electrons. The summed E-state index contributed by atoms with van der Waals surface area (Å²) in [6.07, 6.45) is 1.67. The summed E-state index contributed by atoms with van der Waals surface area (Å²) in [5.41, 5.74) is 5.08. The van der Waals surface area contributed by atoms with Crippen molar-refractivity contribution in [3.8, 4) is 0 Å². The molecule has 0 aromatic heterocycles. The largest absolute Gasteiger partial charge is 0.462 e. The molecule has 0 saturated carbocycles. The summed E-state index contributed by atoms with van der Waals surface area (Å²) in [7, 11) is 0. The van der Waals surface area contributed by atoms with Gasteiger partial charge in [0.2, 0.25) is 11.8 Å². The number of rotatable bonds is 5. The van der Waals surface area contributed by atoms with Gasteiger partial charge in [-0.3, -0.25) is 9.59 Å². The Hall–Kier alpha value is -3.73. The predicted molar refractivity (Wildman–Crippen MR) is 128 cm³/mol. The van der Waals surface area contributed by atoms with Crippen LogP contribution in [0.1, 0.15) is 64.2 Å². The van der Waals surface area contributed by atoms with Crippen molar-refractivity contribution >= 4 is 23.5 Å². The minimum absolute atomic E-state index is 0.174. The molecule has 3 aliphatic carbocycles. The number of nitrogens with zero attached hydrogens (tertiary/aromatic N) is 1. The van der Waals surface area contributed by atoms with E-state index < -0.39 is 17.8 Å². The zero-order valence-corrected chi connectivity index (χ0v) is 18.9. The van der Waals surface area contributed by atoms with Gasteiger partial charge in [-0.15, -0.1) is 0 Å². The minimum atomic E-state index is -0.505. The van der Waals surface area contributed by atoms with Gasteiger partial charge in [-0.2, -0.15) is 0 Å². The zero-order chi connectivity index (χ0) is 23.4. The maximum absolute atomic E-state index is 13.9. The van der Waals surface area contributed by atoms with Gasteiger partial charge < -0.3 is 4.74 Å². The van der Waals surface area contributed by atoms with Crippen molar-refractivity contribution in [2.24, 2.45) is 11.8 Å². The molecule has 3 aromatic carbocycles. The van der Waals surface area contributed by atoms with Crippen LogP contribution >= 0.6 is 0 Å². The van der Waals surface area contributed by atoms with Crippen LogP contribution < -0.4 is 4.90 Å². The maximum atomic E-state index is 13.9. The first kappa shape index (κ1) is 20.8. The first-order valence-corrected chi connectivity index (χ1v) is 11.9. The highest BCUT2D eigenvalue weighted by atomic mass is 16.5. The number of anilines is 1. The molecule has 5 nitrogen and oxygen atoms in total. The first-order chi connectivity index (χ1) is 16.6. The van der Waals surface area contributed by atoms with Crippen LogP contribution in [0.3, 0.4) is 0 Å². The number of amides is 2. The quantitative estimate of drug-likeness (QED) is 0.310. The van der Waals surface area contributed by atoms with Crippen LogP contribution in [0.2, 0.25) is 0 Å². The number of hydrogen-bond acceptors (Lipinski definition) is 4. The van der Waals surface area contributed by atoms with E-state index >= 15 is 0 Å². The van der Waals surface area contributed by atoms with Crippen LogP contribution in [0, 0.1) is 11.8 Å². The molecule has 2 unspecified atom stereocenters. The van der Waals surface area contributed by atoms with E-state index in [9.17, 15) is 14.4 Å². The van der Waals surface area contributed by atoms with E-state index in [1.807, 2.05) is 31.2 Å². The number of ether oxygens (including phenoxy) is 1. The summed E-state index contributed by atoms with van der Waals surface area (Å²) in [5, 5.41) is 0. The van der Waals surface area contributed by atoms with E-state index in [1.165, 1.54) is 4.90 Å². The van der Waals surface area contributed by atoms with Crippen LogP contribution in [-0.4, -0.2) is 24.4 Å². The lowest BCUT2D eigenvalue weighted by Gasteiger charge is -2.45. The molecule has 4 aliphatic rings. The van der Waals surface area contributed by atoms with Gasteiger partial charge in [-0.25, -0.2) is 9.69 Å². The lowest BCUT2D eigenvalue weighted by Crippen LogP contribution is -2.41. The third-order valence-electron chi connectivity index (χ3n) is 7.54. The molecule has 1 heterocycles. The molecule has 1 saturated heterocycles. The smallest absolute Gasteiger partial charge is 0.340 e. The fourth-order valence-corrected chi connectivity index (χ4v) is 6.14. The normalized spacial score (nSPS) is 24.0. The number of unbranched alkanes of at least 4 members (excludes halogenated alkanes) is 1. The summed E-state index contributed by atoms with van der Waals surface area (Å²) in [6, 6.07) is 23.1. The first-order valence-electron chi connectivity index (χ1n) is 11.9. The highest BCUT2D eigenvalue weighted by Crippen LogP contribution is 2.61. The minimum Gasteiger partial charge on any atom is -0.462 e. The summed E-state index contributed by atoms with van der Waals surface area (Å²) in [5.74, 6) is -2.28. The molecule has 1 fully saturated rings. The van der Waals surface area contributed by atoms with Crippen LogP contribution in [-0.2, 0) is 14.3 Å². The predicted octanol–water partition coefficient (Wildman–Crippen LogP) is 5.04. The molecule has 2 amide bonds. The van der Waals surface area contributed by atoms with Gasteiger partial charge in [0.1, 0.15) is 0 Å². The van der Waals surface area contributed by atoms with Gasteiger partial charge in [0.05, 0.1) is 29.7 Å². The monoisotopic (exact) mass is 451 g/mol. The zero-order valence-electron chi connectivity index (χ0n) is 18.9. The van der Waals surface area contributed by atoms with Crippen molar-refractivity contribution in [2.45, 2.75) is 31.6 Å². The Morgan fingerprint density at radius 1 is 0.765 bits per heavy atom. The van der Waals surface area contributed by atoms with Gasteiger partial charge in [0.15, 0.2) is 0 Å². The molecule has 1 aliphatic heterocycles. The van der Waals surface area contributed by atoms with E-state index in [0.717, 1.165) is 35.1 Å². The van der Waals surface area contributed by atoms with E-state index in [1.54, 1.807) is 24.3 Å². The number of imide groups is 1. The lowest BCUT2D eigenvalue weighted by molar-refractivity contribution is -0.122. The van der Waals surface area contributed by atoms with E-state index in [0.29, 0.717) is 12.3 Å². The van der Waals surface area contributed by atoms with Crippen molar-refractivity contribution in [3.63, 3.8) is 0 Å². The molecule has 3 aromatic rings. The summed E-state index contributed by atoms with van der Waals surface area (Å²) >= 11 is 0. The topological polar surface area (TPSA) is 63.7 Å². The molecular weight excluding hydrogens is 426 g/mol. The highest BCUT2D eigenvalue weighted by Gasteiger charge is 2.62.